The number of ether oxygens (including phenoxy) is 2. The lowest BCUT2D eigenvalue weighted by atomic mass is 9.90. The zero-order chi connectivity index (χ0) is 18.3. The molecule has 0 aliphatic carbocycles. The Morgan fingerprint density at radius 1 is 1.52 bits per heavy atom. The molecule has 2 aliphatic heterocycles. The maximum Gasteiger partial charge on any atom is 0.490 e. The van der Waals surface area contributed by atoms with Gasteiger partial charge in [0, 0.05) is 25.4 Å². The van der Waals surface area contributed by atoms with Gasteiger partial charge in [0.1, 0.15) is 0 Å². The van der Waals surface area contributed by atoms with Crippen LogP contribution in [0.2, 0.25) is 0 Å². The Kier molecular flexibility index (Phi) is 6.74. The highest BCUT2D eigenvalue weighted by Crippen LogP contribution is 2.33. The first-order valence-electron chi connectivity index (χ1n) is 7.96. The molecule has 2 aliphatic rings. The van der Waals surface area contributed by atoms with Crippen molar-refractivity contribution in [3.8, 4) is 0 Å². The molecule has 9 heteroatoms. The Labute approximate surface area is 143 Å². The summed E-state index contributed by atoms with van der Waals surface area (Å²) in [7, 11) is 0. The third-order valence-corrected chi connectivity index (χ3v) is 4.06. The Hall–Kier alpha value is -1.71. The fourth-order valence-electron chi connectivity index (χ4n) is 2.84. The average Bonchev–Trinajstić information content (AvgIpc) is 2.97. The predicted octanol–water partition coefficient (Wildman–Crippen LogP) is 2.14. The van der Waals surface area contributed by atoms with Gasteiger partial charge < -0.3 is 19.9 Å². The van der Waals surface area contributed by atoms with Gasteiger partial charge in [-0.15, -0.1) is 0 Å². The highest BCUT2D eigenvalue weighted by atomic mass is 19.4. The van der Waals surface area contributed by atoms with Gasteiger partial charge in [-0.25, -0.2) is 4.79 Å². The summed E-state index contributed by atoms with van der Waals surface area (Å²) in [5.41, 5.74) is 1.16. The van der Waals surface area contributed by atoms with Crippen LogP contribution in [0.25, 0.3) is 0 Å². The standard InChI is InChI=1S/C14H20N2O2.C2HF3O2/c1-3-12(8-15-5-1)9-17-13-7-14(18-10-13)4-2-6-16-11-14;3-2(4,5)1(6)7/h1,3,5,8,13,16H,2,4,6-7,9-11H2;(H,6,7). The number of aliphatic carboxylic acids is 1. The summed E-state index contributed by atoms with van der Waals surface area (Å²) in [6, 6.07) is 3.98. The van der Waals surface area contributed by atoms with Crippen molar-refractivity contribution < 1.29 is 32.5 Å². The lowest BCUT2D eigenvalue weighted by molar-refractivity contribution is -0.192. The highest BCUT2D eigenvalue weighted by molar-refractivity contribution is 5.73. The Morgan fingerprint density at radius 2 is 2.28 bits per heavy atom. The molecule has 1 aromatic heterocycles. The molecular weight excluding hydrogens is 341 g/mol. The van der Waals surface area contributed by atoms with Crippen LogP contribution >= 0.6 is 0 Å². The first-order chi connectivity index (χ1) is 11.8. The van der Waals surface area contributed by atoms with Crippen molar-refractivity contribution in [1.29, 1.82) is 0 Å². The molecule has 0 saturated carbocycles. The number of rotatable bonds is 3. The second-order valence-corrected chi connectivity index (χ2v) is 6.08. The zero-order valence-electron chi connectivity index (χ0n) is 13.6. The van der Waals surface area contributed by atoms with Crippen molar-refractivity contribution in [3.63, 3.8) is 0 Å². The lowest BCUT2D eigenvalue weighted by Gasteiger charge is -2.32. The van der Waals surface area contributed by atoms with Gasteiger partial charge in [-0.3, -0.25) is 4.98 Å². The minimum Gasteiger partial charge on any atom is -0.475 e. The van der Waals surface area contributed by atoms with Gasteiger partial charge in [0.2, 0.25) is 0 Å². The number of hydrogen-bond acceptors (Lipinski definition) is 5. The third kappa shape index (κ3) is 6.26. The summed E-state index contributed by atoms with van der Waals surface area (Å²) in [6.07, 6.45) is 2.16. The molecule has 140 valence electrons. The summed E-state index contributed by atoms with van der Waals surface area (Å²) in [5, 5.41) is 10.5. The van der Waals surface area contributed by atoms with Gasteiger partial charge in [-0.1, -0.05) is 6.07 Å². The molecule has 3 heterocycles. The molecule has 2 saturated heterocycles. The maximum atomic E-state index is 10.6. The van der Waals surface area contributed by atoms with Crippen LogP contribution in [-0.4, -0.2) is 53.6 Å². The van der Waals surface area contributed by atoms with E-state index in [2.05, 4.69) is 10.3 Å². The molecular formula is C16H21F3N2O4. The van der Waals surface area contributed by atoms with Crippen molar-refractivity contribution in [2.75, 3.05) is 19.7 Å². The number of alkyl halides is 3. The second-order valence-electron chi connectivity index (χ2n) is 6.08. The summed E-state index contributed by atoms with van der Waals surface area (Å²) < 4.78 is 43.6. The zero-order valence-corrected chi connectivity index (χ0v) is 13.6. The molecule has 1 spiro atoms. The van der Waals surface area contributed by atoms with Crippen LogP contribution < -0.4 is 5.32 Å². The van der Waals surface area contributed by atoms with E-state index in [0.29, 0.717) is 6.61 Å². The fourth-order valence-corrected chi connectivity index (χ4v) is 2.84. The van der Waals surface area contributed by atoms with Crippen LogP contribution in [0.5, 0.6) is 0 Å². The van der Waals surface area contributed by atoms with E-state index >= 15 is 0 Å². The maximum absolute atomic E-state index is 10.6. The van der Waals surface area contributed by atoms with Crippen molar-refractivity contribution in [2.45, 2.75) is 43.8 Å². The number of carbonyl (C=O) groups is 1. The molecule has 0 aromatic carbocycles. The Morgan fingerprint density at radius 3 is 2.84 bits per heavy atom. The largest absolute Gasteiger partial charge is 0.490 e. The minimum absolute atomic E-state index is 0.0395. The lowest BCUT2D eigenvalue weighted by Crippen LogP contribution is -2.45. The van der Waals surface area contributed by atoms with Crippen LogP contribution in [0, 0.1) is 0 Å². The van der Waals surface area contributed by atoms with E-state index in [-0.39, 0.29) is 11.7 Å². The van der Waals surface area contributed by atoms with E-state index in [9.17, 15) is 13.2 Å². The second kappa shape index (κ2) is 8.59. The van der Waals surface area contributed by atoms with Gasteiger partial charge >= 0.3 is 12.1 Å². The number of carboxylic acids is 1. The van der Waals surface area contributed by atoms with Crippen LogP contribution in [0.3, 0.4) is 0 Å². The highest BCUT2D eigenvalue weighted by Gasteiger charge is 2.41. The van der Waals surface area contributed by atoms with E-state index < -0.39 is 12.1 Å². The van der Waals surface area contributed by atoms with Crippen LogP contribution in [-0.2, 0) is 20.9 Å². The predicted molar refractivity (Wildman–Crippen MR) is 81.9 cm³/mol. The molecule has 0 amide bonds. The number of hydrogen-bond donors (Lipinski definition) is 2. The van der Waals surface area contributed by atoms with Crippen molar-refractivity contribution in [2.24, 2.45) is 0 Å². The number of halogens is 3. The smallest absolute Gasteiger partial charge is 0.475 e. The first kappa shape index (κ1) is 19.6. The van der Waals surface area contributed by atoms with Crippen molar-refractivity contribution in [1.82, 2.24) is 10.3 Å². The summed E-state index contributed by atoms with van der Waals surface area (Å²) in [6.45, 7) is 3.44. The Balaban J connectivity index is 0.000000277. The molecule has 6 nitrogen and oxygen atoms in total. The van der Waals surface area contributed by atoms with E-state index in [1.54, 1.807) is 6.20 Å². The number of piperidine rings is 1. The van der Waals surface area contributed by atoms with E-state index in [1.807, 2.05) is 18.3 Å². The van der Waals surface area contributed by atoms with Gasteiger partial charge in [0.25, 0.3) is 0 Å². The molecule has 0 radical (unpaired) electrons. The first-order valence-corrected chi connectivity index (χ1v) is 7.96. The van der Waals surface area contributed by atoms with Crippen LogP contribution in [0.1, 0.15) is 24.8 Å². The molecule has 3 rings (SSSR count). The number of nitrogens with one attached hydrogen (secondary N) is 1. The quantitative estimate of drug-likeness (QED) is 0.858. The van der Waals surface area contributed by atoms with Crippen molar-refractivity contribution in [3.05, 3.63) is 30.1 Å². The van der Waals surface area contributed by atoms with Gasteiger partial charge in [-0.05, 0) is 31.0 Å². The third-order valence-electron chi connectivity index (χ3n) is 4.06. The van der Waals surface area contributed by atoms with E-state index in [1.165, 1.54) is 6.42 Å². The SMILES string of the molecule is O=C(O)C(F)(F)F.c1cncc(COC2COC3(CCCNC3)C2)c1. The Bertz CT molecular complexity index is 548. The van der Waals surface area contributed by atoms with Crippen LogP contribution in [0.15, 0.2) is 24.5 Å². The van der Waals surface area contributed by atoms with Gasteiger partial charge in [-0.2, -0.15) is 13.2 Å². The molecule has 0 bridgehead atoms. The summed E-state index contributed by atoms with van der Waals surface area (Å²) in [4.78, 5) is 13.0. The van der Waals surface area contributed by atoms with Crippen LogP contribution in [0.4, 0.5) is 13.2 Å². The minimum atomic E-state index is -5.08. The van der Waals surface area contributed by atoms with Gasteiger partial charge in [0.05, 0.1) is 24.9 Å². The number of aromatic nitrogens is 1. The molecule has 1 aromatic rings. The van der Waals surface area contributed by atoms with E-state index in [4.69, 9.17) is 19.4 Å². The summed E-state index contributed by atoms with van der Waals surface area (Å²) >= 11 is 0. The topological polar surface area (TPSA) is 80.7 Å². The molecule has 2 N–H and O–H groups in total. The summed E-state index contributed by atoms with van der Waals surface area (Å²) in [5.74, 6) is -2.76. The average molecular weight is 362 g/mol. The number of pyridine rings is 1. The van der Waals surface area contributed by atoms with E-state index in [0.717, 1.165) is 38.1 Å². The monoisotopic (exact) mass is 362 g/mol. The molecule has 2 fully saturated rings. The number of carboxylic acid groups (broad SMARTS) is 1. The molecule has 25 heavy (non-hydrogen) atoms. The fraction of sp³-hybridized carbons (Fsp3) is 0.625. The van der Waals surface area contributed by atoms with Gasteiger partial charge in [0.15, 0.2) is 0 Å². The number of nitrogens with zero attached hydrogens (tertiary/aromatic N) is 1. The van der Waals surface area contributed by atoms with Crippen molar-refractivity contribution >= 4 is 5.97 Å². The molecule has 2 unspecified atom stereocenters. The normalized spacial score (nSPS) is 26.1. The molecule has 2 atom stereocenters.